The van der Waals surface area contributed by atoms with Crippen LogP contribution in [0.15, 0.2) is 58.6 Å². The van der Waals surface area contributed by atoms with Crippen LogP contribution in [0.25, 0.3) is 0 Å². The molecule has 174 valence electrons. The van der Waals surface area contributed by atoms with E-state index >= 15 is 4.39 Å². The number of allylic oxidation sites excluding steroid dienone is 5. The highest BCUT2D eigenvalue weighted by Gasteiger charge is 2.51. The summed E-state index contributed by atoms with van der Waals surface area (Å²) in [5, 5.41) is 9.52. The molecule has 0 bridgehead atoms. The second kappa shape index (κ2) is 8.90. The third-order valence-corrected chi connectivity index (χ3v) is 6.87. The lowest BCUT2D eigenvalue weighted by Crippen LogP contribution is -2.43. The molecule has 6 nitrogen and oxygen atoms in total. The molecular weight excluding hydrogens is 475 g/mol. The van der Waals surface area contributed by atoms with E-state index in [1.165, 1.54) is 29.2 Å². The van der Waals surface area contributed by atoms with Gasteiger partial charge in [-0.05, 0) is 69.6 Å². The maximum Gasteiger partial charge on any atom is 0.259 e. The maximum atomic E-state index is 15.5. The van der Waals surface area contributed by atoms with Gasteiger partial charge in [0, 0.05) is 17.5 Å². The van der Waals surface area contributed by atoms with Crippen LogP contribution in [0, 0.1) is 17.2 Å². The molecule has 0 saturated carbocycles. The molecule has 1 aromatic carbocycles. The number of amides is 1. The highest BCUT2D eigenvalue weighted by Crippen LogP contribution is 2.38. The first-order valence-electron chi connectivity index (χ1n) is 10.9. The Morgan fingerprint density at radius 3 is 2.71 bits per heavy atom. The highest BCUT2D eigenvalue weighted by atomic mass is 35.5. The van der Waals surface area contributed by atoms with Crippen LogP contribution < -0.4 is 4.90 Å². The average molecular weight is 497 g/mol. The number of nitrogens with zero attached hydrogens (tertiary/aromatic N) is 4. The molecule has 0 N–H and O–H groups in total. The number of carbonyl (C=O) groups is 2. The number of hydrogen-bond acceptors (Lipinski definition) is 5. The lowest BCUT2D eigenvalue weighted by molar-refractivity contribution is -0.122. The first-order valence-corrected chi connectivity index (χ1v) is 11.7. The van der Waals surface area contributed by atoms with Crippen LogP contribution >= 0.6 is 23.8 Å². The Morgan fingerprint density at radius 1 is 1.32 bits per heavy atom. The Kier molecular flexibility index (Phi) is 6.28. The van der Waals surface area contributed by atoms with Crippen molar-refractivity contribution in [3.8, 4) is 6.07 Å². The minimum Gasteiger partial charge on any atom is -0.304 e. The summed E-state index contributed by atoms with van der Waals surface area (Å²) in [7, 11) is 0. The number of thiocarbonyl (C=S) groups is 1. The van der Waals surface area contributed by atoms with Crippen molar-refractivity contribution in [1.82, 2.24) is 4.90 Å². The first-order chi connectivity index (χ1) is 16.1. The van der Waals surface area contributed by atoms with Gasteiger partial charge in [0.15, 0.2) is 10.9 Å². The summed E-state index contributed by atoms with van der Waals surface area (Å²) >= 11 is 11.9. The smallest absolute Gasteiger partial charge is 0.259 e. The predicted molar refractivity (Wildman–Crippen MR) is 133 cm³/mol. The van der Waals surface area contributed by atoms with Crippen molar-refractivity contribution in [2.75, 3.05) is 4.90 Å². The largest absolute Gasteiger partial charge is 0.304 e. The zero-order valence-electron chi connectivity index (χ0n) is 18.9. The number of carbonyl (C=O) groups excluding carboxylic acids is 2. The fraction of sp³-hybridized carbons (Fsp3) is 0.320. The highest BCUT2D eigenvalue weighted by molar-refractivity contribution is 7.80. The van der Waals surface area contributed by atoms with Crippen molar-refractivity contribution in [3.63, 3.8) is 0 Å². The molecule has 3 aliphatic rings. The molecule has 1 aliphatic carbocycles. The van der Waals surface area contributed by atoms with Crippen molar-refractivity contribution in [1.29, 1.82) is 5.26 Å². The van der Waals surface area contributed by atoms with E-state index in [2.05, 4.69) is 4.99 Å². The van der Waals surface area contributed by atoms with Crippen LogP contribution in [0.3, 0.4) is 0 Å². The van der Waals surface area contributed by atoms with Gasteiger partial charge in [0.1, 0.15) is 17.4 Å². The summed E-state index contributed by atoms with van der Waals surface area (Å²) in [6.07, 6.45) is 5.99. The molecule has 0 radical (unpaired) electrons. The van der Waals surface area contributed by atoms with Crippen molar-refractivity contribution in [3.05, 3.63) is 64.2 Å². The number of rotatable bonds is 3. The van der Waals surface area contributed by atoms with Gasteiger partial charge in [0.2, 0.25) is 0 Å². The lowest BCUT2D eigenvalue weighted by atomic mass is 9.87. The second-order valence-corrected chi connectivity index (χ2v) is 9.51. The summed E-state index contributed by atoms with van der Waals surface area (Å²) in [5.74, 6) is -1.69. The third-order valence-electron chi connectivity index (χ3n) is 6.19. The lowest BCUT2D eigenvalue weighted by Gasteiger charge is -2.31. The molecule has 9 heteroatoms. The number of halogens is 2. The number of fused-ring (bicyclic) bond motifs is 1. The van der Waals surface area contributed by atoms with Crippen molar-refractivity contribution in [2.24, 2.45) is 10.9 Å². The minimum absolute atomic E-state index is 0.125. The number of ketones is 1. The van der Waals surface area contributed by atoms with Crippen molar-refractivity contribution < 1.29 is 14.0 Å². The van der Waals surface area contributed by atoms with E-state index in [4.69, 9.17) is 29.1 Å². The van der Waals surface area contributed by atoms with Gasteiger partial charge in [0.25, 0.3) is 5.91 Å². The van der Waals surface area contributed by atoms with Crippen molar-refractivity contribution in [2.45, 2.75) is 45.6 Å². The van der Waals surface area contributed by atoms with Gasteiger partial charge in [0.05, 0.1) is 27.9 Å². The molecule has 0 aromatic heterocycles. The van der Waals surface area contributed by atoms with Gasteiger partial charge in [-0.25, -0.2) is 4.39 Å². The van der Waals surface area contributed by atoms with Gasteiger partial charge in [-0.3, -0.25) is 19.5 Å². The Bertz CT molecular complexity index is 1290. The van der Waals surface area contributed by atoms with Crippen molar-refractivity contribution >= 4 is 52.0 Å². The summed E-state index contributed by atoms with van der Waals surface area (Å²) in [6, 6.07) is 6.62. The second-order valence-electron chi connectivity index (χ2n) is 8.73. The normalized spacial score (nSPS) is 25.3. The number of hydrogen-bond donors (Lipinski definition) is 0. The first kappa shape index (κ1) is 24.0. The molecule has 2 heterocycles. The van der Waals surface area contributed by atoms with Crippen LogP contribution in [0.5, 0.6) is 0 Å². The Balaban J connectivity index is 1.75. The summed E-state index contributed by atoms with van der Waals surface area (Å²) in [5.41, 5.74) is 0.679. The van der Waals surface area contributed by atoms with E-state index in [0.717, 1.165) is 0 Å². The number of aliphatic imine (C=N–C) groups is 1. The topological polar surface area (TPSA) is 76.8 Å². The van der Waals surface area contributed by atoms with Crippen LogP contribution in [-0.4, -0.2) is 33.0 Å². The minimum atomic E-state index is -1.11. The van der Waals surface area contributed by atoms with Gasteiger partial charge < -0.3 is 4.90 Å². The molecule has 1 unspecified atom stereocenters. The molecule has 1 saturated heterocycles. The molecule has 0 spiro atoms. The zero-order valence-corrected chi connectivity index (χ0v) is 20.5. The zero-order chi connectivity index (χ0) is 24.8. The molecule has 1 atom stereocenters. The molecule has 1 aromatic rings. The summed E-state index contributed by atoms with van der Waals surface area (Å²) in [6.45, 7) is 5.28. The standard InChI is InChI=1S/C25H22ClFN4O2S/c1-4-15-10-21(32)18-7-5-6-17(12-20(27)22(18)29-15)31-24(34)30(23(33)25(31,2)3)16-9-8-14(13-28)19(26)11-16/h6,8-12,18H,4-5,7H2,1-3H3/b17-6+,20-12+. The van der Waals surface area contributed by atoms with Crippen LogP contribution in [-0.2, 0) is 9.59 Å². The van der Waals surface area contributed by atoms with Gasteiger partial charge >= 0.3 is 0 Å². The fourth-order valence-corrected chi connectivity index (χ4v) is 5.09. The van der Waals surface area contributed by atoms with Gasteiger partial charge in [-0.1, -0.05) is 24.6 Å². The average Bonchev–Trinajstić information content (AvgIpc) is 2.96. The molecule has 34 heavy (non-hydrogen) atoms. The molecule has 2 aliphatic heterocycles. The maximum absolute atomic E-state index is 15.5. The predicted octanol–water partition coefficient (Wildman–Crippen LogP) is 5.39. The summed E-state index contributed by atoms with van der Waals surface area (Å²) < 4.78 is 15.5. The van der Waals surface area contributed by atoms with E-state index in [9.17, 15) is 9.59 Å². The van der Waals surface area contributed by atoms with E-state index in [1.807, 2.05) is 13.0 Å². The molecule has 1 fully saturated rings. The quantitative estimate of drug-likeness (QED) is 0.524. The molecular formula is C25H22ClFN4O2S. The van der Waals surface area contributed by atoms with E-state index < -0.39 is 17.3 Å². The summed E-state index contributed by atoms with van der Waals surface area (Å²) in [4.78, 5) is 33.3. The van der Waals surface area contributed by atoms with E-state index in [0.29, 0.717) is 36.3 Å². The Hall–Kier alpha value is -3.15. The number of benzene rings is 1. The number of anilines is 1. The Labute approximate surface area is 207 Å². The van der Waals surface area contributed by atoms with E-state index in [1.54, 1.807) is 30.9 Å². The third kappa shape index (κ3) is 3.89. The monoisotopic (exact) mass is 496 g/mol. The van der Waals surface area contributed by atoms with Crippen LogP contribution in [0.2, 0.25) is 5.02 Å². The number of nitriles is 1. The SMILES string of the molecule is CCC1=CC(=O)C2CC/C=C(N3C(=S)N(c4ccc(C#N)c(Cl)c4)C(=O)C3(C)C)\C=C(\F)C2=N1. The Morgan fingerprint density at radius 2 is 2.06 bits per heavy atom. The van der Waals surface area contributed by atoms with Crippen LogP contribution in [0.1, 0.15) is 45.6 Å². The van der Waals surface area contributed by atoms with Gasteiger partial charge in [-0.15, -0.1) is 0 Å². The van der Waals surface area contributed by atoms with Crippen LogP contribution in [0.4, 0.5) is 10.1 Å². The molecule has 4 rings (SSSR count). The van der Waals surface area contributed by atoms with Gasteiger partial charge in [-0.2, -0.15) is 5.26 Å². The van der Waals surface area contributed by atoms with E-state index in [-0.39, 0.29) is 33.1 Å². The fourth-order valence-electron chi connectivity index (χ4n) is 4.35. The molecule has 1 amide bonds.